The molecule has 0 unspecified atom stereocenters. The Morgan fingerprint density at radius 1 is 0.857 bits per heavy atom. The van der Waals surface area contributed by atoms with Crippen molar-refractivity contribution in [2.24, 2.45) is 0 Å². The van der Waals surface area contributed by atoms with E-state index in [1.165, 1.54) is 0 Å². The third-order valence-electron chi connectivity index (χ3n) is 4.65. The van der Waals surface area contributed by atoms with Crippen molar-refractivity contribution < 1.29 is 18.7 Å². The Balaban J connectivity index is 1.42. The van der Waals surface area contributed by atoms with Crippen LogP contribution in [0.25, 0.3) is 11.0 Å². The highest BCUT2D eigenvalue weighted by Crippen LogP contribution is 2.16. The summed E-state index contributed by atoms with van der Waals surface area (Å²) in [7, 11) is 0. The zero-order valence-electron chi connectivity index (χ0n) is 15.0. The summed E-state index contributed by atoms with van der Waals surface area (Å²) in [5, 5.41) is 0.690. The number of carbonyl (C=O) groups excluding carboxylic acids is 2. The average Bonchev–Trinajstić information content (AvgIpc) is 2.73. The first-order valence-electron chi connectivity index (χ1n) is 8.96. The summed E-state index contributed by atoms with van der Waals surface area (Å²) in [5.74, 6) is 0.0790. The number of rotatable bonds is 2. The molecule has 1 saturated heterocycles. The highest BCUT2D eigenvalue weighted by Gasteiger charge is 2.27. The number of hydrogen-bond acceptors (Lipinski definition) is 5. The van der Waals surface area contributed by atoms with Crippen molar-refractivity contribution in [1.29, 1.82) is 0 Å². The minimum absolute atomic E-state index is 0.000915. The van der Waals surface area contributed by atoms with Gasteiger partial charge in [-0.2, -0.15) is 0 Å². The van der Waals surface area contributed by atoms with Crippen LogP contribution in [0.4, 0.5) is 4.79 Å². The van der Waals surface area contributed by atoms with Crippen LogP contribution in [-0.4, -0.2) is 48.0 Å². The Bertz CT molecular complexity index is 1070. The lowest BCUT2D eigenvalue weighted by molar-refractivity contribution is 0.0629. The van der Waals surface area contributed by atoms with E-state index in [9.17, 15) is 14.4 Å². The molecule has 1 fully saturated rings. The first-order valence-corrected chi connectivity index (χ1v) is 8.96. The lowest BCUT2D eigenvalue weighted by atomic mass is 10.1. The minimum atomic E-state index is -0.658. The van der Waals surface area contributed by atoms with Crippen molar-refractivity contribution in [2.45, 2.75) is 0 Å². The molecular formula is C21H18N2O5. The van der Waals surface area contributed by atoms with Crippen LogP contribution in [0.5, 0.6) is 5.75 Å². The number of benzene rings is 2. The van der Waals surface area contributed by atoms with E-state index in [0.717, 1.165) is 0 Å². The number of para-hydroxylation sites is 2. The van der Waals surface area contributed by atoms with E-state index in [4.69, 9.17) is 9.15 Å². The lowest BCUT2D eigenvalue weighted by Crippen LogP contribution is -2.51. The summed E-state index contributed by atoms with van der Waals surface area (Å²) in [6, 6.07) is 17.4. The highest BCUT2D eigenvalue weighted by atomic mass is 16.6. The SMILES string of the molecule is O=C(Oc1ccccc1)N1CCN(C(=O)c2cc3ccccc3oc2=O)CC1. The van der Waals surface area contributed by atoms with Crippen molar-refractivity contribution in [1.82, 2.24) is 9.80 Å². The monoisotopic (exact) mass is 378 g/mol. The molecule has 0 atom stereocenters. The largest absolute Gasteiger partial charge is 0.422 e. The number of hydrogen-bond donors (Lipinski definition) is 0. The van der Waals surface area contributed by atoms with E-state index < -0.39 is 17.6 Å². The molecule has 7 heteroatoms. The minimum Gasteiger partial charge on any atom is -0.422 e. The average molecular weight is 378 g/mol. The fraction of sp³-hybridized carbons (Fsp3) is 0.190. The summed E-state index contributed by atoms with van der Waals surface area (Å²) in [5.41, 5.74) is -0.217. The second kappa shape index (κ2) is 7.56. The Morgan fingerprint density at radius 3 is 2.25 bits per heavy atom. The zero-order valence-corrected chi connectivity index (χ0v) is 15.0. The second-order valence-electron chi connectivity index (χ2n) is 6.45. The van der Waals surface area contributed by atoms with E-state index in [0.29, 0.717) is 42.9 Å². The van der Waals surface area contributed by atoms with Gasteiger partial charge in [-0.05, 0) is 24.3 Å². The standard InChI is InChI=1S/C21H18N2O5/c24-19(17-14-15-6-4-5-9-18(15)28-20(17)25)22-10-12-23(13-11-22)21(26)27-16-7-2-1-3-8-16/h1-9,14H,10-13H2. The van der Waals surface area contributed by atoms with Crippen LogP contribution in [0.3, 0.4) is 0 Å². The third-order valence-corrected chi connectivity index (χ3v) is 4.65. The van der Waals surface area contributed by atoms with Crippen LogP contribution in [0, 0.1) is 0 Å². The quantitative estimate of drug-likeness (QED) is 0.641. The number of amides is 2. The predicted octanol–water partition coefficient (Wildman–Crippen LogP) is 2.75. The van der Waals surface area contributed by atoms with Gasteiger partial charge in [0.25, 0.3) is 5.91 Å². The fourth-order valence-electron chi connectivity index (χ4n) is 3.13. The summed E-state index contributed by atoms with van der Waals surface area (Å²) < 4.78 is 10.6. The number of carbonyl (C=O) groups is 2. The maximum atomic E-state index is 12.8. The summed E-state index contributed by atoms with van der Waals surface area (Å²) in [4.78, 5) is 40.3. The summed E-state index contributed by atoms with van der Waals surface area (Å²) in [6.07, 6.45) is -0.455. The van der Waals surface area contributed by atoms with Crippen LogP contribution in [0.15, 0.2) is 69.9 Å². The molecular weight excluding hydrogens is 360 g/mol. The van der Waals surface area contributed by atoms with Gasteiger partial charge in [0.2, 0.25) is 0 Å². The van der Waals surface area contributed by atoms with E-state index in [-0.39, 0.29) is 5.56 Å². The van der Waals surface area contributed by atoms with Crippen molar-refractivity contribution in [2.75, 3.05) is 26.2 Å². The molecule has 0 N–H and O–H groups in total. The van der Waals surface area contributed by atoms with Crippen molar-refractivity contribution in [3.8, 4) is 5.75 Å². The van der Waals surface area contributed by atoms with Gasteiger partial charge in [-0.1, -0.05) is 36.4 Å². The molecule has 28 heavy (non-hydrogen) atoms. The molecule has 0 bridgehead atoms. The molecule has 2 amide bonds. The lowest BCUT2D eigenvalue weighted by Gasteiger charge is -2.33. The van der Waals surface area contributed by atoms with Crippen LogP contribution in [-0.2, 0) is 0 Å². The molecule has 0 aliphatic carbocycles. The Hall–Kier alpha value is -3.61. The molecule has 1 aliphatic rings. The molecule has 0 saturated carbocycles. The highest BCUT2D eigenvalue weighted by molar-refractivity contribution is 5.96. The van der Waals surface area contributed by atoms with Gasteiger partial charge in [0.05, 0.1) is 0 Å². The van der Waals surface area contributed by atoms with Gasteiger partial charge < -0.3 is 19.0 Å². The maximum absolute atomic E-state index is 12.8. The van der Waals surface area contributed by atoms with E-state index in [1.54, 1.807) is 58.3 Å². The van der Waals surface area contributed by atoms with Gasteiger partial charge in [0.15, 0.2) is 0 Å². The molecule has 2 heterocycles. The van der Waals surface area contributed by atoms with Crippen molar-refractivity contribution in [3.63, 3.8) is 0 Å². The molecule has 1 aliphatic heterocycles. The Kier molecular flexibility index (Phi) is 4.80. The number of piperazine rings is 1. The molecule has 1 aromatic heterocycles. The molecule has 2 aromatic carbocycles. The van der Waals surface area contributed by atoms with E-state index in [1.807, 2.05) is 12.1 Å². The number of nitrogens with zero attached hydrogens (tertiary/aromatic N) is 2. The van der Waals surface area contributed by atoms with Gasteiger partial charge >= 0.3 is 11.7 Å². The van der Waals surface area contributed by atoms with E-state index in [2.05, 4.69) is 0 Å². The van der Waals surface area contributed by atoms with Crippen molar-refractivity contribution >= 4 is 23.0 Å². The van der Waals surface area contributed by atoms with Gasteiger partial charge in [-0.3, -0.25) is 4.79 Å². The normalized spacial score (nSPS) is 14.1. The predicted molar refractivity (Wildman–Crippen MR) is 102 cm³/mol. The van der Waals surface area contributed by atoms with Gasteiger partial charge in [0.1, 0.15) is 16.9 Å². The third kappa shape index (κ3) is 3.59. The molecule has 0 radical (unpaired) electrons. The molecule has 0 spiro atoms. The Labute approximate surface area is 160 Å². The number of fused-ring (bicyclic) bond motifs is 1. The van der Waals surface area contributed by atoms with Gasteiger partial charge in [-0.15, -0.1) is 0 Å². The molecule has 142 valence electrons. The van der Waals surface area contributed by atoms with Gasteiger partial charge in [0, 0.05) is 31.6 Å². The van der Waals surface area contributed by atoms with Crippen molar-refractivity contribution in [3.05, 3.63) is 76.6 Å². The smallest absolute Gasteiger partial charge is 0.415 e. The first kappa shape index (κ1) is 17.8. The molecule has 7 nitrogen and oxygen atoms in total. The molecule has 3 aromatic rings. The fourth-order valence-corrected chi connectivity index (χ4v) is 3.13. The topological polar surface area (TPSA) is 80.1 Å². The van der Waals surface area contributed by atoms with Crippen LogP contribution < -0.4 is 10.4 Å². The first-order chi connectivity index (χ1) is 13.6. The van der Waals surface area contributed by atoms with Crippen LogP contribution >= 0.6 is 0 Å². The summed E-state index contributed by atoms with van der Waals surface area (Å²) >= 11 is 0. The maximum Gasteiger partial charge on any atom is 0.415 e. The van der Waals surface area contributed by atoms with E-state index >= 15 is 0 Å². The Morgan fingerprint density at radius 2 is 1.50 bits per heavy atom. The van der Waals surface area contributed by atoms with Crippen LogP contribution in [0.2, 0.25) is 0 Å². The van der Waals surface area contributed by atoms with Gasteiger partial charge in [-0.25, -0.2) is 9.59 Å². The second-order valence-corrected chi connectivity index (χ2v) is 6.45. The molecule has 4 rings (SSSR count). The van der Waals surface area contributed by atoms with Crippen LogP contribution in [0.1, 0.15) is 10.4 Å². The summed E-state index contributed by atoms with van der Waals surface area (Å²) in [6.45, 7) is 1.29. The number of ether oxygens (including phenoxy) is 1. The zero-order chi connectivity index (χ0) is 19.5.